The molecule has 0 aliphatic carbocycles. The van der Waals surface area contributed by atoms with Crippen LogP contribution in [-0.4, -0.2) is 16.1 Å². The number of benzene rings is 1. The van der Waals surface area contributed by atoms with Gasteiger partial charge in [-0.2, -0.15) is 0 Å². The Morgan fingerprint density at radius 1 is 0.955 bits per heavy atom. The Labute approximate surface area is 126 Å². The number of rotatable bonds is 0. The third-order valence-corrected chi connectivity index (χ3v) is 4.15. The Kier molecular flexibility index (Phi) is 2.63. The van der Waals surface area contributed by atoms with E-state index in [1.807, 2.05) is 28.8 Å². The van der Waals surface area contributed by atoms with Crippen LogP contribution < -0.4 is 10.7 Å². The van der Waals surface area contributed by atoms with Crippen molar-refractivity contribution in [2.24, 2.45) is 0 Å². The molecule has 3 heterocycles. The van der Waals surface area contributed by atoms with E-state index >= 15 is 0 Å². The summed E-state index contributed by atoms with van der Waals surface area (Å²) in [7, 11) is 0. The average Bonchev–Trinajstić information content (AvgIpc) is 2.81. The van der Waals surface area contributed by atoms with Crippen LogP contribution in [0.3, 0.4) is 0 Å². The minimum Gasteiger partial charge on any atom is -0.336 e. The molecule has 0 amide bonds. The van der Waals surface area contributed by atoms with Gasteiger partial charge in [-0.05, 0) is 0 Å². The summed E-state index contributed by atoms with van der Waals surface area (Å²) in [4.78, 5) is 24.6. The van der Waals surface area contributed by atoms with Crippen molar-refractivity contribution in [3.63, 3.8) is 0 Å². The minimum absolute atomic E-state index is 0.0180. The first-order valence-corrected chi connectivity index (χ1v) is 7.10. The molecule has 2 aliphatic rings. The van der Waals surface area contributed by atoms with E-state index in [1.54, 1.807) is 30.4 Å². The van der Waals surface area contributed by atoms with Crippen molar-refractivity contribution in [1.82, 2.24) is 4.57 Å². The highest BCUT2D eigenvalue weighted by Crippen LogP contribution is 2.13. The molecule has 2 bridgehead atoms. The maximum atomic E-state index is 12.3. The van der Waals surface area contributed by atoms with Crippen LogP contribution in [0.1, 0.15) is 0 Å². The van der Waals surface area contributed by atoms with Gasteiger partial charge < -0.3 is 4.57 Å². The van der Waals surface area contributed by atoms with E-state index in [9.17, 15) is 9.59 Å². The summed E-state index contributed by atoms with van der Waals surface area (Å²) in [6.45, 7) is 4.27. The summed E-state index contributed by atoms with van der Waals surface area (Å²) in [5.74, 6) is -0.0967. The number of hydrogen-bond acceptors (Lipinski definition) is 2. The van der Waals surface area contributed by atoms with E-state index in [-0.39, 0.29) is 11.6 Å². The normalized spacial score (nSPS) is 20.1. The summed E-state index contributed by atoms with van der Waals surface area (Å²) in [5, 5.41) is 3.67. The van der Waals surface area contributed by atoms with Crippen LogP contribution in [0.4, 0.5) is 0 Å². The highest BCUT2D eigenvalue weighted by molar-refractivity contribution is 6.21. The largest absolute Gasteiger partial charge is 0.336 e. The van der Waals surface area contributed by atoms with Gasteiger partial charge in [0.1, 0.15) is 0 Å². The van der Waals surface area contributed by atoms with Crippen LogP contribution in [-0.2, 0) is 16.1 Å². The standard InChI is InChI=1S/C19H13NO2/c1-12-5-4-6-13-11-20-16(9-18(12)21)14-7-2-3-8-15(14)17(20)10-19(13)22/h2-10H,1,11H2/b5-4-,13-6?,16-9-. The summed E-state index contributed by atoms with van der Waals surface area (Å²) < 4.78 is 2.03. The molecule has 2 aromatic rings. The van der Waals surface area contributed by atoms with Crippen LogP contribution in [0.25, 0.3) is 22.9 Å². The first kappa shape index (κ1) is 12.8. The van der Waals surface area contributed by atoms with E-state index < -0.39 is 0 Å². The van der Waals surface area contributed by atoms with Crippen LogP contribution in [0.15, 0.2) is 60.2 Å². The molecule has 1 aromatic carbocycles. The Bertz CT molecular complexity index is 1050. The molecule has 22 heavy (non-hydrogen) atoms. The maximum absolute atomic E-state index is 12.3. The van der Waals surface area contributed by atoms with Gasteiger partial charge in [-0.1, -0.05) is 49.1 Å². The fourth-order valence-corrected chi connectivity index (χ4v) is 3.01. The summed E-state index contributed by atoms with van der Waals surface area (Å²) in [6.07, 6.45) is 8.40. The highest BCUT2D eigenvalue weighted by atomic mass is 16.1. The van der Waals surface area contributed by atoms with Gasteiger partial charge in [0.15, 0.2) is 11.6 Å². The van der Waals surface area contributed by atoms with Gasteiger partial charge in [-0.25, -0.2) is 0 Å². The number of carbonyl (C=O) groups is 2. The van der Waals surface area contributed by atoms with E-state index in [1.165, 1.54) is 0 Å². The van der Waals surface area contributed by atoms with Crippen molar-refractivity contribution in [2.75, 3.05) is 0 Å². The van der Waals surface area contributed by atoms with Crippen LogP contribution in [0.5, 0.6) is 0 Å². The molecule has 0 N–H and O–H groups in total. The minimum atomic E-state index is -0.115. The summed E-state index contributed by atoms with van der Waals surface area (Å²) in [6, 6.07) is 7.84. The van der Waals surface area contributed by atoms with Gasteiger partial charge in [-0.3, -0.25) is 9.59 Å². The van der Waals surface area contributed by atoms with Crippen molar-refractivity contribution in [3.05, 3.63) is 70.9 Å². The summed E-state index contributed by atoms with van der Waals surface area (Å²) in [5.41, 5.74) is 1.12. The maximum Gasteiger partial charge on any atom is 0.187 e. The van der Waals surface area contributed by atoms with E-state index in [4.69, 9.17) is 0 Å². The second kappa shape index (κ2) is 4.53. The third-order valence-electron chi connectivity index (χ3n) is 4.15. The third kappa shape index (κ3) is 1.76. The van der Waals surface area contributed by atoms with E-state index in [0.29, 0.717) is 17.7 Å². The number of Topliss-reactive ketones (excluding diaryl/α,β-unsaturated/α-hetero) is 2. The Morgan fingerprint density at radius 3 is 2.27 bits per heavy atom. The molecule has 3 nitrogen and oxygen atoms in total. The molecule has 0 fully saturated rings. The zero-order chi connectivity index (χ0) is 15.3. The topological polar surface area (TPSA) is 39.1 Å². The van der Waals surface area contributed by atoms with Crippen molar-refractivity contribution in [2.45, 2.75) is 6.54 Å². The molecular weight excluding hydrogens is 274 g/mol. The van der Waals surface area contributed by atoms with Gasteiger partial charge in [0.2, 0.25) is 0 Å². The van der Waals surface area contributed by atoms with Gasteiger partial charge in [0.25, 0.3) is 0 Å². The molecule has 0 saturated carbocycles. The molecule has 4 rings (SSSR count). The second-order valence-corrected chi connectivity index (χ2v) is 5.50. The number of aromatic nitrogens is 1. The smallest absolute Gasteiger partial charge is 0.187 e. The molecule has 106 valence electrons. The van der Waals surface area contributed by atoms with Gasteiger partial charge in [0, 0.05) is 34.1 Å². The lowest BCUT2D eigenvalue weighted by Gasteiger charge is -2.13. The van der Waals surface area contributed by atoms with Gasteiger partial charge in [0.05, 0.1) is 17.2 Å². The highest BCUT2D eigenvalue weighted by Gasteiger charge is 2.18. The number of allylic oxidation sites excluding steroid dienone is 5. The fourth-order valence-electron chi connectivity index (χ4n) is 3.01. The molecule has 0 saturated heterocycles. The van der Waals surface area contributed by atoms with Crippen LogP contribution in [0, 0.1) is 0 Å². The van der Waals surface area contributed by atoms with Crippen molar-refractivity contribution < 1.29 is 9.59 Å². The number of hydrogen-bond donors (Lipinski definition) is 0. The Morgan fingerprint density at radius 2 is 1.59 bits per heavy atom. The molecule has 0 spiro atoms. The van der Waals surface area contributed by atoms with Crippen LogP contribution in [0.2, 0.25) is 0 Å². The number of nitrogens with zero attached hydrogens (tertiary/aromatic N) is 1. The van der Waals surface area contributed by atoms with E-state index in [2.05, 4.69) is 6.58 Å². The molecule has 2 aliphatic heterocycles. The molecule has 0 radical (unpaired) electrons. The molecule has 0 atom stereocenters. The SMILES string of the molecule is C=C1/C=C\C=C2Cn3c(c4ccccc4/c3=C/C1=O)=CC2=O. The first-order valence-electron chi connectivity index (χ1n) is 7.10. The van der Waals surface area contributed by atoms with Crippen molar-refractivity contribution in [1.29, 1.82) is 0 Å². The summed E-state index contributed by atoms with van der Waals surface area (Å²) >= 11 is 0. The predicted molar refractivity (Wildman–Crippen MR) is 86.5 cm³/mol. The molecule has 0 unspecified atom stereocenters. The zero-order valence-electron chi connectivity index (χ0n) is 11.9. The van der Waals surface area contributed by atoms with Crippen molar-refractivity contribution in [3.8, 4) is 0 Å². The van der Waals surface area contributed by atoms with Crippen molar-refractivity contribution >= 4 is 34.5 Å². The Balaban J connectivity index is 2.23. The zero-order valence-corrected chi connectivity index (χ0v) is 11.9. The number of ketones is 2. The lowest BCUT2D eigenvalue weighted by atomic mass is 10.1. The molecular formula is C19H13NO2. The monoisotopic (exact) mass is 287 g/mol. The first-order chi connectivity index (χ1) is 10.6. The van der Waals surface area contributed by atoms with E-state index in [0.717, 1.165) is 21.5 Å². The Hall–Kier alpha value is -2.94. The van der Waals surface area contributed by atoms with Gasteiger partial charge >= 0.3 is 0 Å². The average molecular weight is 287 g/mol. The number of fused-ring (bicyclic) bond motifs is 4. The lowest BCUT2D eigenvalue weighted by Crippen LogP contribution is -2.34. The second-order valence-electron chi connectivity index (χ2n) is 5.50. The van der Waals surface area contributed by atoms with Crippen LogP contribution >= 0.6 is 0 Å². The quantitative estimate of drug-likeness (QED) is 0.687. The number of carbonyl (C=O) groups excluding carboxylic acids is 2. The fraction of sp³-hybridized carbons (Fsp3) is 0.0526. The molecule has 3 heteroatoms. The molecule has 1 aromatic heterocycles. The van der Waals surface area contributed by atoms with Gasteiger partial charge in [-0.15, -0.1) is 0 Å². The lowest BCUT2D eigenvalue weighted by molar-refractivity contribution is -0.110. The predicted octanol–water partition coefficient (Wildman–Crippen LogP) is 1.41.